The van der Waals surface area contributed by atoms with Crippen LogP contribution >= 0.6 is 0 Å². The molecule has 216 valence electrons. The molecule has 40 heavy (non-hydrogen) atoms. The van der Waals surface area contributed by atoms with E-state index in [1.807, 2.05) is 54.6 Å². The number of aryl methyl sites for hydroxylation is 1. The van der Waals surface area contributed by atoms with Crippen LogP contribution in [0.15, 0.2) is 89.8 Å². The first-order valence-corrected chi connectivity index (χ1v) is 15.2. The van der Waals surface area contributed by atoms with Crippen molar-refractivity contribution in [3.8, 4) is 11.5 Å². The lowest BCUT2D eigenvalue weighted by Gasteiger charge is -2.23. The topological polar surface area (TPSA) is 136 Å². The molecule has 0 saturated carbocycles. The molecule has 0 aliphatic rings. The summed E-state index contributed by atoms with van der Waals surface area (Å²) in [5, 5.41) is 7.75. The fraction of sp³-hybridized carbons (Fsp3) is 0.310. The average molecular weight is 590 g/mol. The number of hydrogen-bond acceptors (Lipinski definition) is 8. The molecule has 0 heterocycles. The van der Waals surface area contributed by atoms with E-state index >= 15 is 0 Å². The van der Waals surface area contributed by atoms with E-state index in [0.717, 1.165) is 23.5 Å². The number of nitrogens with one attached hydrogen (secondary N) is 1. The minimum Gasteiger partial charge on any atom is -0.493 e. The van der Waals surface area contributed by atoms with E-state index in [1.54, 1.807) is 32.4 Å². The van der Waals surface area contributed by atoms with Gasteiger partial charge in [0.2, 0.25) is 10.3 Å². The molecule has 0 aromatic heterocycles. The maximum Gasteiger partial charge on any atom is 0.252 e. The molecule has 0 fully saturated rings. The molecule has 9 nitrogen and oxygen atoms in total. The van der Waals surface area contributed by atoms with E-state index in [0.29, 0.717) is 12.8 Å². The number of hydrogen-bond donors (Lipinski definition) is 2. The van der Waals surface area contributed by atoms with E-state index in [-0.39, 0.29) is 16.2 Å². The number of amides is 1. The molecule has 0 aliphatic heterocycles. The van der Waals surface area contributed by atoms with Crippen molar-refractivity contribution in [1.82, 2.24) is 5.48 Å². The van der Waals surface area contributed by atoms with E-state index in [9.17, 15) is 21.6 Å². The third-order valence-corrected chi connectivity index (χ3v) is 9.32. The van der Waals surface area contributed by atoms with Crippen LogP contribution in [0.25, 0.3) is 0 Å². The molecule has 2 N–H and O–H groups in total. The maximum atomic E-state index is 13.0. The predicted molar refractivity (Wildman–Crippen MR) is 154 cm³/mol. The number of unbranched alkanes of at least 4 members (excludes halogenated alkanes) is 1. The van der Waals surface area contributed by atoms with Crippen molar-refractivity contribution in [2.75, 3.05) is 14.2 Å². The standard InChI is InChI=1S/C21H25NO6S2.C8H10O2/c1-16(30(27,28)18-13-6-3-7-14-18)20(21(23)22-24)19(29(25)26)15-9-8-12-17-10-4-2-5-11-17;1-9-7-5-3-4-6-8(7)10-2/h2-7,10-11,13-14,16,20,24H,8-9,12,15H2,1H3,(H,22,23);3-6H,1-2H3/t16?,20-;/m0./s1. The highest BCUT2D eigenvalue weighted by Gasteiger charge is 2.39. The van der Waals surface area contributed by atoms with E-state index in [1.165, 1.54) is 24.5 Å². The number of carbonyl (C=O) groups excluding carboxylic acids is 1. The third kappa shape index (κ3) is 9.22. The molecule has 0 spiro atoms. The number of rotatable bonds is 12. The van der Waals surface area contributed by atoms with Crippen molar-refractivity contribution in [1.29, 1.82) is 0 Å². The van der Waals surface area contributed by atoms with Crippen LogP contribution in [0.4, 0.5) is 0 Å². The zero-order valence-corrected chi connectivity index (χ0v) is 24.3. The summed E-state index contributed by atoms with van der Waals surface area (Å²) in [6.45, 7) is 1.28. The molecule has 3 aromatic carbocycles. The smallest absolute Gasteiger partial charge is 0.252 e. The van der Waals surface area contributed by atoms with Gasteiger partial charge in [0, 0.05) is 0 Å². The van der Waals surface area contributed by atoms with Crippen molar-refractivity contribution in [2.45, 2.75) is 42.8 Å². The van der Waals surface area contributed by atoms with Crippen LogP contribution < -0.4 is 15.0 Å². The Morgan fingerprint density at radius 3 is 1.82 bits per heavy atom. The van der Waals surface area contributed by atoms with Crippen LogP contribution in [-0.2, 0) is 31.3 Å². The summed E-state index contributed by atoms with van der Waals surface area (Å²) in [5.74, 6) is -1.06. The second-order valence-corrected chi connectivity index (χ2v) is 12.1. The van der Waals surface area contributed by atoms with Crippen LogP contribution in [0.2, 0.25) is 0 Å². The molecule has 2 atom stereocenters. The molecular weight excluding hydrogens is 554 g/mol. The summed E-state index contributed by atoms with van der Waals surface area (Å²) >= 11 is 0. The Bertz CT molecular complexity index is 1430. The summed E-state index contributed by atoms with van der Waals surface area (Å²) in [7, 11) is -3.55. The van der Waals surface area contributed by atoms with Crippen molar-refractivity contribution < 1.29 is 36.3 Å². The molecule has 0 aliphatic carbocycles. The number of methoxy groups -OCH3 is 2. The van der Waals surface area contributed by atoms with Crippen LogP contribution in [-0.4, -0.2) is 52.3 Å². The van der Waals surface area contributed by atoms with Gasteiger partial charge in [-0.2, -0.15) is 8.42 Å². The normalized spacial score (nSPS) is 12.2. The second-order valence-electron chi connectivity index (χ2n) is 8.77. The number of hydroxylamine groups is 1. The predicted octanol–water partition coefficient (Wildman–Crippen LogP) is 4.14. The highest BCUT2D eigenvalue weighted by molar-refractivity contribution is 7.92. The molecule has 0 bridgehead atoms. The Kier molecular flexibility index (Phi) is 13.4. The van der Waals surface area contributed by atoms with Gasteiger partial charge in [-0.3, -0.25) is 10.0 Å². The van der Waals surface area contributed by atoms with Crippen molar-refractivity contribution >= 4 is 30.9 Å². The van der Waals surface area contributed by atoms with Gasteiger partial charge in [0.05, 0.1) is 35.1 Å². The third-order valence-electron chi connectivity index (χ3n) is 6.25. The van der Waals surface area contributed by atoms with Crippen molar-refractivity contribution in [2.24, 2.45) is 5.92 Å². The van der Waals surface area contributed by atoms with E-state index < -0.39 is 37.2 Å². The molecule has 1 unspecified atom stereocenters. The molecule has 0 radical (unpaired) electrons. The van der Waals surface area contributed by atoms with Gasteiger partial charge in [-0.25, -0.2) is 13.9 Å². The van der Waals surface area contributed by atoms with Crippen LogP contribution in [0.5, 0.6) is 11.5 Å². The Balaban J connectivity index is 0.000000469. The summed E-state index contributed by atoms with van der Waals surface area (Å²) in [4.78, 5) is 12.1. The zero-order chi connectivity index (χ0) is 29.5. The Hall–Kier alpha value is -3.67. The van der Waals surface area contributed by atoms with Gasteiger partial charge in [0.25, 0.3) is 5.91 Å². The molecule has 1 amide bonds. The SMILES string of the molecule is CC([C@H](C(=O)NO)C(CCCCc1ccccc1)=S(=O)=O)S(=O)(=O)c1ccccc1.COc1ccccc1OC. The van der Waals surface area contributed by atoms with Gasteiger partial charge in [0.15, 0.2) is 21.3 Å². The van der Waals surface area contributed by atoms with Gasteiger partial charge in [-0.05, 0) is 62.4 Å². The molecule has 11 heteroatoms. The molecule has 3 rings (SSSR count). The monoisotopic (exact) mass is 589 g/mol. The quantitative estimate of drug-likeness (QED) is 0.139. The fourth-order valence-corrected chi connectivity index (χ4v) is 6.63. The first-order chi connectivity index (χ1) is 19.2. The second kappa shape index (κ2) is 16.4. The zero-order valence-electron chi connectivity index (χ0n) is 22.7. The maximum absolute atomic E-state index is 13.0. The highest BCUT2D eigenvalue weighted by Crippen LogP contribution is 2.25. The first kappa shape index (κ1) is 32.5. The van der Waals surface area contributed by atoms with Gasteiger partial charge in [-0.1, -0.05) is 60.7 Å². The van der Waals surface area contributed by atoms with Crippen LogP contribution in [0, 0.1) is 5.92 Å². The summed E-state index contributed by atoms with van der Waals surface area (Å²) < 4.78 is 59.7. The lowest BCUT2D eigenvalue weighted by Crippen LogP contribution is -2.43. The lowest BCUT2D eigenvalue weighted by molar-refractivity contribution is -0.131. The number of benzene rings is 3. The first-order valence-electron chi connectivity index (χ1n) is 12.6. The van der Waals surface area contributed by atoms with Gasteiger partial charge in [-0.15, -0.1) is 0 Å². The summed E-state index contributed by atoms with van der Waals surface area (Å²) in [6, 6.07) is 24.7. The van der Waals surface area contributed by atoms with Crippen LogP contribution in [0.3, 0.4) is 0 Å². The fourth-order valence-electron chi connectivity index (χ4n) is 4.10. The van der Waals surface area contributed by atoms with Crippen molar-refractivity contribution in [3.63, 3.8) is 0 Å². The Labute approximate surface area is 237 Å². The van der Waals surface area contributed by atoms with Gasteiger partial charge >= 0.3 is 0 Å². The minimum atomic E-state index is -4.01. The molecule has 0 saturated heterocycles. The summed E-state index contributed by atoms with van der Waals surface area (Å²) in [6.07, 6.45) is 1.87. The van der Waals surface area contributed by atoms with Crippen LogP contribution in [0.1, 0.15) is 31.7 Å². The van der Waals surface area contributed by atoms with Gasteiger partial charge < -0.3 is 9.47 Å². The average Bonchev–Trinajstić information content (AvgIpc) is 2.99. The molecular formula is C29H35NO8S2. The molecule has 3 aromatic rings. The highest BCUT2D eigenvalue weighted by atomic mass is 32.2. The largest absolute Gasteiger partial charge is 0.493 e. The Morgan fingerprint density at radius 1 is 0.850 bits per heavy atom. The number of ether oxygens (including phenoxy) is 2. The van der Waals surface area contributed by atoms with E-state index in [4.69, 9.17) is 14.7 Å². The van der Waals surface area contributed by atoms with Gasteiger partial charge in [0.1, 0.15) is 0 Å². The lowest BCUT2D eigenvalue weighted by atomic mass is 9.96. The number of carbonyl (C=O) groups is 1. The summed E-state index contributed by atoms with van der Waals surface area (Å²) in [5.41, 5.74) is 2.53. The van der Waals surface area contributed by atoms with Crippen molar-refractivity contribution in [3.05, 3.63) is 90.5 Å². The minimum absolute atomic E-state index is 0.0200. The number of sulfone groups is 1. The number of para-hydroxylation sites is 2. The van der Waals surface area contributed by atoms with E-state index in [2.05, 4.69) is 0 Å². The Morgan fingerprint density at radius 2 is 1.35 bits per heavy atom.